The third-order valence-electron chi connectivity index (χ3n) is 4.43. The van der Waals surface area contributed by atoms with Crippen LogP contribution in [-0.2, 0) is 0 Å². The molecule has 1 saturated heterocycles. The van der Waals surface area contributed by atoms with Crippen LogP contribution >= 0.6 is 0 Å². The number of hydrogen-bond donors (Lipinski definition) is 1. The fourth-order valence-corrected chi connectivity index (χ4v) is 3.09. The third kappa shape index (κ3) is 2.58. The van der Waals surface area contributed by atoms with E-state index in [-0.39, 0.29) is 0 Å². The first-order valence-corrected chi connectivity index (χ1v) is 6.83. The van der Waals surface area contributed by atoms with Crippen molar-refractivity contribution in [2.45, 2.75) is 38.3 Å². The van der Waals surface area contributed by atoms with E-state index in [9.17, 15) is 0 Å². The second kappa shape index (κ2) is 5.48. The van der Waals surface area contributed by atoms with Crippen LogP contribution in [0, 0.1) is 5.92 Å². The van der Waals surface area contributed by atoms with Crippen LogP contribution in [0.5, 0.6) is 0 Å². The minimum atomic E-state index is 0.792. The van der Waals surface area contributed by atoms with Crippen LogP contribution in [0.3, 0.4) is 0 Å². The summed E-state index contributed by atoms with van der Waals surface area (Å²) in [6, 6.07) is 1.67. The van der Waals surface area contributed by atoms with Crippen LogP contribution in [0.25, 0.3) is 0 Å². The summed E-state index contributed by atoms with van der Waals surface area (Å²) in [4.78, 5) is 5.12. The first-order valence-electron chi connectivity index (χ1n) is 6.83. The summed E-state index contributed by atoms with van der Waals surface area (Å²) in [6.45, 7) is 7.15. The van der Waals surface area contributed by atoms with E-state index >= 15 is 0 Å². The Morgan fingerprint density at radius 2 is 2.06 bits per heavy atom. The van der Waals surface area contributed by atoms with Crippen LogP contribution in [0.15, 0.2) is 0 Å². The van der Waals surface area contributed by atoms with E-state index in [1.165, 1.54) is 38.9 Å². The second-order valence-corrected chi connectivity index (χ2v) is 5.61. The molecule has 1 aliphatic heterocycles. The van der Waals surface area contributed by atoms with Gasteiger partial charge in [-0.1, -0.05) is 6.92 Å². The summed E-state index contributed by atoms with van der Waals surface area (Å²) in [7, 11) is 4.43. The van der Waals surface area contributed by atoms with Crippen LogP contribution < -0.4 is 5.32 Å². The number of likely N-dealkylation sites (N-methyl/N-ethyl adjacent to an activating group) is 1. The lowest BCUT2D eigenvalue weighted by Crippen LogP contribution is -2.50. The molecule has 16 heavy (non-hydrogen) atoms. The molecule has 3 unspecified atom stereocenters. The molecular formula is C13H27N3. The van der Waals surface area contributed by atoms with Crippen molar-refractivity contribution in [3.63, 3.8) is 0 Å². The van der Waals surface area contributed by atoms with Gasteiger partial charge in [0.1, 0.15) is 0 Å². The van der Waals surface area contributed by atoms with Gasteiger partial charge in [0.05, 0.1) is 0 Å². The van der Waals surface area contributed by atoms with Crippen molar-refractivity contribution in [3.05, 3.63) is 0 Å². The molecule has 3 nitrogen and oxygen atoms in total. The molecule has 2 aliphatic rings. The smallest absolute Gasteiger partial charge is 0.0229 e. The van der Waals surface area contributed by atoms with Gasteiger partial charge in [-0.25, -0.2) is 0 Å². The first-order chi connectivity index (χ1) is 7.72. The van der Waals surface area contributed by atoms with Gasteiger partial charge in [0.15, 0.2) is 0 Å². The van der Waals surface area contributed by atoms with Crippen molar-refractivity contribution < 1.29 is 0 Å². The third-order valence-corrected chi connectivity index (χ3v) is 4.43. The molecule has 1 heterocycles. The van der Waals surface area contributed by atoms with Gasteiger partial charge in [-0.15, -0.1) is 0 Å². The molecule has 0 bridgehead atoms. The van der Waals surface area contributed by atoms with E-state index in [4.69, 9.17) is 0 Å². The van der Waals surface area contributed by atoms with Gasteiger partial charge < -0.3 is 10.2 Å². The monoisotopic (exact) mass is 225 g/mol. The lowest BCUT2D eigenvalue weighted by Gasteiger charge is -2.43. The Balaban J connectivity index is 1.76. The van der Waals surface area contributed by atoms with E-state index in [0.29, 0.717) is 0 Å². The first kappa shape index (κ1) is 12.3. The van der Waals surface area contributed by atoms with E-state index in [2.05, 4.69) is 36.1 Å². The van der Waals surface area contributed by atoms with Gasteiger partial charge in [-0.05, 0) is 52.4 Å². The Morgan fingerprint density at radius 3 is 2.56 bits per heavy atom. The lowest BCUT2D eigenvalue weighted by atomic mass is 9.78. The minimum Gasteiger partial charge on any atom is -0.317 e. The molecular weight excluding hydrogens is 198 g/mol. The Hall–Kier alpha value is -0.120. The standard InChI is InChI=1S/C13H27N3/c1-4-14-9-11-5-6-13(11)16-8-7-12(10-16)15(2)3/h11-14H,4-10H2,1-3H3. The highest BCUT2D eigenvalue weighted by molar-refractivity contribution is 4.94. The van der Waals surface area contributed by atoms with E-state index < -0.39 is 0 Å². The topological polar surface area (TPSA) is 18.5 Å². The van der Waals surface area contributed by atoms with Crippen LogP contribution in [-0.4, -0.2) is 62.2 Å². The second-order valence-electron chi connectivity index (χ2n) is 5.61. The predicted octanol–water partition coefficient (Wildman–Crippen LogP) is 1.01. The zero-order valence-electron chi connectivity index (χ0n) is 11.1. The molecule has 1 aliphatic carbocycles. The zero-order chi connectivity index (χ0) is 11.5. The summed E-state index contributed by atoms with van der Waals surface area (Å²) < 4.78 is 0. The summed E-state index contributed by atoms with van der Waals surface area (Å²) in [6.07, 6.45) is 4.22. The molecule has 2 fully saturated rings. The molecule has 0 aromatic carbocycles. The van der Waals surface area contributed by atoms with E-state index in [1.54, 1.807) is 0 Å². The van der Waals surface area contributed by atoms with Crippen molar-refractivity contribution in [1.29, 1.82) is 0 Å². The molecule has 0 amide bonds. The predicted molar refractivity (Wildman–Crippen MR) is 68.7 cm³/mol. The number of likely N-dealkylation sites (tertiary alicyclic amines) is 1. The average Bonchev–Trinajstić information content (AvgIpc) is 2.66. The fourth-order valence-electron chi connectivity index (χ4n) is 3.09. The molecule has 0 spiro atoms. The van der Waals surface area contributed by atoms with Crippen molar-refractivity contribution in [3.8, 4) is 0 Å². The molecule has 3 atom stereocenters. The van der Waals surface area contributed by atoms with Crippen molar-refractivity contribution >= 4 is 0 Å². The van der Waals surface area contributed by atoms with Crippen LogP contribution in [0.1, 0.15) is 26.2 Å². The maximum atomic E-state index is 3.50. The fraction of sp³-hybridized carbons (Fsp3) is 1.00. The molecule has 94 valence electrons. The van der Waals surface area contributed by atoms with Gasteiger partial charge in [0.25, 0.3) is 0 Å². The number of nitrogens with one attached hydrogen (secondary N) is 1. The number of rotatable bonds is 5. The molecule has 0 radical (unpaired) electrons. The molecule has 1 saturated carbocycles. The van der Waals surface area contributed by atoms with E-state index in [1.807, 2.05) is 0 Å². The normalized spacial score (nSPS) is 35.6. The van der Waals surface area contributed by atoms with Gasteiger partial charge in [0.2, 0.25) is 0 Å². The maximum absolute atomic E-state index is 3.50. The molecule has 3 heteroatoms. The summed E-state index contributed by atoms with van der Waals surface area (Å²) >= 11 is 0. The van der Waals surface area contributed by atoms with Gasteiger partial charge in [0, 0.05) is 25.2 Å². The Labute approximate surface area is 100 Å². The summed E-state index contributed by atoms with van der Waals surface area (Å²) in [5, 5.41) is 3.50. The molecule has 1 N–H and O–H groups in total. The number of hydrogen-bond acceptors (Lipinski definition) is 3. The highest BCUT2D eigenvalue weighted by atomic mass is 15.3. The van der Waals surface area contributed by atoms with E-state index in [0.717, 1.165) is 24.5 Å². The van der Waals surface area contributed by atoms with Gasteiger partial charge in [-0.2, -0.15) is 0 Å². The average molecular weight is 225 g/mol. The quantitative estimate of drug-likeness (QED) is 0.753. The Kier molecular flexibility index (Phi) is 4.22. The maximum Gasteiger partial charge on any atom is 0.0229 e. The van der Waals surface area contributed by atoms with Crippen LogP contribution in [0.4, 0.5) is 0 Å². The highest BCUT2D eigenvalue weighted by Crippen LogP contribution is 2.34. The number of nitrogens with zero attached hydrogens (tertiary/aromatic N) is 2. The minimum absolute atomic E-state index is 0.792. The SMILES string of the molecule is CCNCC1CCC1N1CCC(N(C)C)C1. The Bertz CT molecular complexity index is 217. The highest BCUT2D eigenvalue weighted by Gasteiger charge is 2.38. The van der Waals surface area contributed by atoms with Gasteiger partial charge >= 0.3 is 0 Å². The summed E-state index contributed by atoms with van der Waals surface area (Å²) in [5.41, 5.74) is 0. The van der Waals surface area contributed by atoms with Crippen molar-refractivity contribution in [1.82, 2.24) is 15.1 Å². The lowest BCUT2D eigenvalue weighted by molar-refractivity contribution is 0.0769. The Morgan fingerprint density at radius 1 is 1.25 bits per heavy atom. The molecule has 0 aromatic rings. The largest absolute Gasteiger partial charge is 0.317 e. The molecule has 2 rings (SSSR count). The van der Waals surface area contributed by atoms with Gasteiger partial charge in [-0.3, -0.25) is 4.90 Å². The van der Waals surface area contributed by atoms with Crippen LogP contribution in [0.2, 0.25) is 0 Å². The van der Waals surface area contributed by atoms with Crippen molar-refractivity contribution in [2.24, 2.45) is 5.92 Å². The molecule has 0 aromatic heterocycles. The zero-order valence-corrected chi connectivity index (χ0v) is 11.1. The summed E-state index contributed by atoms with van der Waals surface area (Å²) in [5.74, 6) is 0.917. The van der Waals surface area contributed by atoms with Crippen molar-refractivity contribution in [2.75, 3.05) is 40.3 Å².